The van der Waals surface area contributed by atoms with E-state index in [4.69, 9.17) is 9.84 Å². The van der Waals surface area contributed by atoms with Crippen molar-refractivity contribution in [2.24, 2.45) is 56.7 Å². The Hall–Kier alpha value is -0.0800. The maximum Gasteiger partial charge on any atom is 0.0544 e. The molecule has 0 aliphatic carbocycles. The maximum absolute atomic E-state index is 8.76. The van der Waals surface area contributed by atoms with Crippen LogP contribution in [0.2, 0.25) is 0 Å². The summed E-state index contributed by atoms with van der Waals surface area (Å²) >= 11 is 0. The fourth-order valence-electron chi connectivity index (χ4n) is 0.940. The fourth-order valence-corrected chi connectivity index (χ4v) is 0.940. The van der Waals surface area contributed by atoms with Gasteiger partial charge in [0.15, 0.2) is 0 Å². The molecule has 1 rings (SSSR count). The van der Waals surface area contributed by atoms with Crippen molar-refractivity contribution >= 4 is 0 Å². The zero-order chi connectivity index (χ0) is 31.2. The van der Waals surface area contributed by atoms with E-state index in [0.717, 1.165) is 36.9 Å². The molecule has 1 N–H and O–H groups in total. The second-order valence-electron chi connectivity index (χ2n) is 17.2. The quantitative estimate of drug-likeness (QED) is 0.393. The molecule has 0 bridgehead atoms. The average molecular weight is 531 g/mol. The van der Waals surface area contributed by atoms with Crippen LogP contribution in [0.25, 0.3) is 0 Å². The van der Waals surface area contributed by atoms with Gasteiger partial charge in [-0.2, -0.15) is 0 Å². The second kappa shape index (κ2) is 18.3. The van der Waals surface area contributed by atoms with Crippen LogP contribution in [0.5, 0.6) is 0 Å². The number of ether oxygens (including phenoxy) is 1. The van der Waals surface area contributed by atoms with E-state index in [-0.39, 0.29) is 12.0 Å². The molecule has 0 atom stereocenters. The first-order valence-electron chi connectivity index (χ1n) is 15.2. The normalized spacial score (nSPS) is 15.6. The maximum atomic E-state index is 8.76. The first-order valence-corrected chi connectivity index (χ1v) is 15.2. The largest absolute Gasteiger partial charge is 0.396 e. The van der Waals surface area contributed by atoms with Crippen molar-refractivity contribution < 1.29 is 9.84 Å². The Kier molecular flexibility index (Phi) is 21.7. The Morgan fingerprint density at radius 3 is 0.757 bits per heavy atom. The fraction of sp³-hybridized carbons (Fsp3) is 1.00. The summed E-state index contributed by atoms with van der Waals surface area (Å²) in [6.45, 7) is 51.2. The summed E-state index contributed by atoms with van der Waals surface area (Å²) in [5, 5.41) is 8.76. The summed E-state index contributed by atoms with van der Waals surface area (Å²) < 4.78 is 5.10. The van der Waals surface area contributed by atoms with Gasteiger partial charge in [-0.1, -0.05) is 152 Å². The summed E-state index contributed by atoms with van der Waals surface area (Å²) in [6.07, 6.45) is 0. The number of hydrogen-bond acceptors (Lipinski definition) is 2. The Labute approximate surface area is 238 Å². The topological polar surface area (TPSA) is 29.5 Å². The molecule has 230 valence electrons. The Morgan fingerprint density at radius 2 is 0.757 bits per heavy atom. The molecule has 1 heterocycles. The van der Waals surface area contributed by atoms with Gasteiger partial charge in [-0.05, 0) is 51.2 Å². The minimum absolute atomic E-state index is 0.0972. The molecule has 1 aliphatic rings. The lowest BCUT2D eigenvalue weighted by molar-refractivity contribution is -0.126. The molecule has 1 saturated heterocycles. The third-order valence-electron chi connectivity index (χ3n) is 9.42. The van der Waals surface area contributed by atoms with E-state index in [1.807, 2.05) is 0 Å². The predicted octanol–water partition coefficient (Wildman–Crippen LogP) is 11.4. The molecule has 0 spiro atoms. The molecular weight excluding hydrogens is 452 g/mol. The summed E-state index contributed by atoms with van der Waals surface area (Å²) in [4.78, 5) is 0. The number of hydrogen-bond donors (Lipinski definition) is 1. The molecule has 37 heavy (non-hydrogen) atoms. The van der Waals surface area contributed by atoms with Gasteiger partial charge in [0.25, 0.3) is 0 Å². The molecule has 0 aromatic rings. The third kappa shape index (κ3) is 24.7. The van der Waals surface area contributed by atoms with Crippen molar-refractivity contribution in [1.29, 1.82) is 0 Å². The highest BCUT2D eigenvalue weighted by Crippen LogP contribution is 2.34. The molecule has 0 amide bonds. The van der Waals surface area contributed by atoms with Gasteiger partial charge in [-0.25, -0.2) is 0 Å². The highest BCUT2D eigenvalue weighted by atomic mass is 16.5. The van der Waals surface area contributed by atoms with E-state index in [2.05, 4.69) is 152 Å². The van der Waals surface area contributed by atoms with Gasteiger partial charge in [0.05, 0.1) is 13.2 Å². The lowest BCUT2D eigenvalue weighted by Crippen LogP contribution is -2.43. The van der Waals surface area contributed by atoms with Crippen molar-refractivity contribution in [2.75, 3.05) is 19.8 Å². The minimum Gasteiger partial charge on any atom is -0.396 e. The van der Waals surface area contributed by atoms with Gasteiger partial charge in [0, 0.05) is 12.0 Å². The van der Waals surface area contributed by atoms with Gasteiger partial charge < -0.3 is 9.84 Å². The zero-order valence-electron chi connectivity index (χ0n) is 30.4. The third-order valence-corrected chi connectivity index (χ3v) is 9.42. The SMILES string of the molecule is CC(C)C(C)(C)C.CC(C)C(C)(C)C.CC(C)C(C)(C)C.CC(C)C(C)(C)CO.CC(C)C1(C)COC1. The van der Waals surface area contributed by atoms with E-state index < -0.39 is 0 Å². The second-order valence-corrected chi connectivity index (χ2v) is 17.2. The summed E-state index contributed by atoms with van der Waals surface area (Å²) in [5.41, 5.74) is 2.10. The van der Waals surface area contributed by atoms with Crippen LogP contribution >= 0.6 is 0 Å². The Bertz CT molecular complexity index is 455. The van der Waals surface area contributed by atoms with E-state index in [0.29, 0.717) is 27.6 Å². The van der Waals surface area contributed by atoms with Crippen LogP contribution in [0.15, 0.2) is 0 Å². The van der Waals surface area contributed by atoms with Crippen molar-refractivity contribution in [3.8, 4) is 0 Å². The summed E-state index contributed by atoms with van der Waals surface area (Å²) in [5.74, 6) is 3.73. The lowest BCUT2D eigenvalue weighted by Gasteiger charge is -2.41. The molecule has 1 aliphatic heterocycles. The van der Waals surface area contributed by atoms with Gasteiger partial charge in [0.1, 0.15) is 0 Å². The van der Waals surface area contributed by atoms with Gasteiger partial charge in [0.2, 0.25) is 0 Å². The van der Waals surface area contributed by atoms with E-state index in [9.17, 15) is 0 Å². The van der Waals surface area contributed by atoms with E-state index >= 15 is 0 Å². The van der Waals surface area contributed by atoms with Crippen molar-refractivity contribution in [3.05, 3.63) is 0 Å². The number of rotatable bonds is 3. The molecule has 0 unspecified atom stereocenters. The summed E-state index contributed by atoms with van der Waals surface area (Å²) in [7, 11) is 0. The van der Waals surface area contributed by atoms with E-state index in [1.54, 1.807) is 0 Å². The zero-order valence-corrected chi connectivity index (χ0v) is 30.4. The molecule has 2 nitrogen and oxygen atoms in total. The number of aliphatic hydroxyl groups excluding tert-OH is 1. The predicted molar refractivity (Wildman–Crippen MR) is 172 cm³/mol. The molecule has 0 aromatic carbocycles. The van der Waals surface area contributed by atoms with Gasteiger partial charge >= 0.3 is 0 Å². The van der Waals surface area contributed by atoms with Crippen LogP contribution in [0.1, 0.15) is 152 Å². The highest BCUT2D eigenvalue weighted by molar-refractivity contribution is 4.83. The minimum atomic E-state index is 0.0972. The van der Waals surface area contributed by atoms with Crippen LogP contribution in [-0.4, -0.2) is 24.9 Å². The van der Waals surface area contributed by atoms with Crippen LogP contribution in [-0.2, 0) is 4.74 Å². The van der Waals surface area contributed by atoms with Crippen LogP contribution in [0.3, 0.4) is 0 Å². The van der Waals surface area contributed by atoms with Gasteiger partial charge in [-0.3, -0.25) is 0 Å². The number of aliphatic hydroxyl groups is 1. The van der Waals surface area contributed by atoms with Crippen molar-refractivity contribution in [2.45, 2.75) is 152 Å². The van der Waals surface area contributed by atoms with Crippen LogP contribution in [0, 0.1) is 56.7 Å². The lowest BCUT2D eigenvalue weighted by atomic mass is 9.78. The van der Waals surface area contributed by atoms with Crippen LogP contribution in [0.4, 0.5) is 0 Å². The molecule has 0 radical (unpaired) electrons. The molecule has 1 fully saturated rings. The molecule has 2 heteroatoms. The Balaban J connectivity index is -0.000000184. The highest BCUT2D eigenvalue weighted by Gasteiger charge is 2.36. The standard InChI is InChI=1S/C7H14O.C7H16O.3C7H16/c1-6(2)7(3)4-8-5-7;1-6(2)7(3,4)5-8;3*1-6(2)7(3,4)5/h6H,4-5H2,1-3H3;6,8H,5H2,1-4H3;3*6H,1-5H3. The first kappa shape index (κ1) is 44.0. The molecular formula is C35H78O2. The first-order chi connectivity index (χ1) is 16.0. The molecule has 0 aromatic heterocycles. The van der Waals surface area contributed by atoms with Crippen molar-refractivity contribution in [1.82, 2.24) is 0 Å². The molecule has 0 saturated carbocycles. The van der Waals surface area contributed by atoms with E-state index in [1.165, 1.54) is 0 Å². The van der Waals surface area contributed by atoms with Crippen LogP contribution < -0.4 is 0 Å². The Morgan fingerprint density at radius 1 is 0.541 bits per heavy atom. The smallest absolute Gasteiger partial charge is 0.0544 e. The van der Waals surface area contributed by atoms with Crippen molar-refractivity contribution in [3.63, 3.8) is 0 Å². The average Bonchev–Trinajstić information content (AvgIpc) is 2.65. The van der Waals surface area contributed by atoms with Gasteiger partial charge in [-0.15, -0.1) is 0 Å². The monoisotopic (exact) mass is 531 g/mol. The summed E-state index contributed by atoms with van der Waals surface area (Å²) in [6, 6.07) is 0.